The van der Waals surface area contributed by atoms with Crippen LogP contribution >= 0.6 is 0 Å². The van der Waals surface area contributed by atoms with E-state index in [-0.39, 0.29) is 18.4 Å². The zero-order valence-electron chi connectivity index (χ0n) is 9.71. The van der Waals surface area contributed by atoms with Gasteiger partial charge in [-0.15, -0.1) is 0 Å². The number of carbonyl (C=O) groups is 2. The van der Waals surface area contributed by atoms with Crippen molar-refractivity contribution < 1.29 is 19.4 Å². The lowest BCUT2D eigenvalue weighted by Gasteiger charge is -2.12. The fraction of sp³-hybridized carbons (Fsp3) is 0.500. The minimum atomic E-state index is -0.928. The van der Waals surface area contributed by atoms with Crippen LogP contribution in [-0.4, -0.2) is 33.9 Å². The fourth-order valence-corrected chi connectivity index (χ4v) is 1.57. The Hall–Kier alpha value is -1.89. The third-order valence-electron chi connectivity index (χ3n) is 2.41. The molecule has 0 bridgehead atoms. The highest BCUT2D eigenvalue weighted by atomic mass is 16.5. The zero-order chi connectivity index (χ0) is 13.0. The quantitative estimate of drug-likeness (QED) is 0.706. The van der Waals surface area contributed by atoms with E-state index in [1.165, 1.54) is 18.0 Å². The second-order valence-electron chi connectivity index (χ2n) is 3.60. The molecule has 94 valence electrons. The number of aromatic nitrogens is 2. The van der Waals surface area contributed by atoms with Crippen LogP contribution in [0.25, 0.3) is 0 Å². The van der Waals surface area contributed by atoms with E-state index >= 15 is 0 Å². The van der Waals surface area contributed by atoms with Crippen LogP contribution in [0.2, 0.25) is 0 Å². The maximum Gasteiger partial charge on any atom is 0.341 e. The number of carboxylic acids is 1. The van der Waals surface area contributed by atoms with Gasteiger partial charge in [0.25, 0.3) is 0 Å². The van der Waals surface area contributed by atoms with Gasteiger partial charge < -0.3 is 15.6 Å². The molecule has 0 spiro atoms. The number of carboxylic acid groups (broad SMARTS) is 1. The van der Waals surface area contributed by atoms with Crippen molar-refractivity contribution in [3.05, 3.63) is 17.5 Å². The molecule has 0 radical (unpaired) electrons. The van der Waals surface area contributed by atoms with Crippen LogP contribution in [0.5, 0.6) is 0 Å². The molecule has 1 rings (SSSR count). The number of carbonyl (C=O) groups excluding carboxylic acids is 1. The van der Waals surface area contributed by atoms with Gasteiger partial charge in [-0.3, -0.25) is 9.48 Å². The molecule has 7 nitrogen and oxygen atoms in total. The summed E-state index contributed by atoms with van der Waals surface area (Å²) >= 11 is 0. The van der Waals surface area contributed by atoms with E-state index < -0.39 is 18.0 Å². The lowest BCUT2D eigenvalue weighted by Crippen LogP contribution is -2.19. The number of methoxy groups -OCH3 is 1. The van der Waals surface area contributed by atoms with Crippen LogP contribution in [0.15, 0.2) is 6.20 Å². The van der Waals surface area contributed by atoms with Gasteiger partial charge >= 0.3 is 11.9 Å². The maximum atomic E-state index is 11.4. The minimum absolute atomic E-state index is 0.0625. The van der Waals surface area contributed by atoms with Crippen molar-refractivity contribution in [2.24, 2.45) is 12.8 Å². The van der Waals surface area contributed by atoms with Crippen molar-refractivity contribution in [2.75, 3.05) is 7.11 Å². The largest absolute Gasteiger partial charge is 0.481 e. The summed E-state index contributed by atoms with van der Waals surface area (Å²) in [4.78, 5) is 21.9. The number of aryl methyl sites for hydroxylation is 1. The third kappa shape index (κ3) is 3.04. The van der Waals surface area contributed by atoms with E-state index in [0.717, 1.165) is 0 Å². The lowest BCUT2D eigenvalue weighted by atomic mass is 10.1. The van der Waals surface area contributed by atoms with Crippen LogP contribution in [0.4, 0.5) is 0 Å². The molecule has 0 aliphatic heterocycles. The van der Waals surface area contributed by atoms with Gasteiger partial charge in [0.05, 0.1) is 19.0 Å². The second kappa shape index (κ2) is 5.44. The Morgan fingerprint density at radius 3 is 2.82 bits per heavy atom. The summed E-state index contributed by atoms with van der Waals surface area (Å²) < 4.78 is 6.06. The molecule has 0 aliphatic carbocycles. The molecule has 3 N–H and O–H groups in total. The smallest absolute Gasteiger partial charge is 0.341 e. The molecule has 17 heavy (non-hydrogen) atoms. The monoisotopic (exact) mass is 241 g/mol. The van der Waals surface area contributed by atoms with E-state index in [2.05, 4.69) is 9.84 Å². The Bertz CT molecular complexity index is 427. The Morgan fingerprint density at radius 1 is 1.65 bits per heavy atom. The second-order valence-corrected chi connectivity index (χ2v) is 3.60. The average Bonchev–Trinajstić information content (AvgIpc) is 2.67. The molecule has 0 aliphatic rings. The summed E-state index contributed by atoms with van der Waals surface area (Å²) in [6, 6.07) is -0.562. The predicted molar refractivity (Wildman–Crippen MR) is 58.3 cm³/mol. The number of hydrogen-bond donors (Lipinski definition) is 2. The Morgan fingerprint density at radius 2 is 2.29 bits per heavy atom. The molecule has 1 unspecified atom stereocenters. The van der Waals surface area contributed by atoms with E-state index in [4.69, 9.17) is 10.8 Å². The lowest BCUT2D eigenvalue weighted by molar-refractivity contribution is -0.137. The SMILES string of the molecule is COC(=O)c1cnn(C)c1C(N)CCC(=O)O. The number of aliphatic carboxylic acids is 1. The first-order chi connectivity index (χ1) is 7.97. The standard InChI is InChI=1S/C10H15N3O4/c1-13-9(7(11)3-4-8(14)15)6(5-12-13)10(16)17-2/h5,7H,3-4,11H2,1-2H3,(H,14,15). The summed E-state index contributed by atoms with van der Waals surface area (Å²) in [6.45, 7) is 0. The molecule has 0 saturated heterocycles. The highest BCUT2D eigenvalue weighted by Gasteiger charge is 2.22. The Kier molecular flexibility index (Phi) is 4.22. The Balaban J connectivity index is 2.91. The van der Waals surface area contributed by atoms with Crippen LogP contribution < -0.4 is 5.73 Å². The molecule has 0 aromatic carbocycles. The zero-order valence-corrected chi connectivity index (χ0v) is 9.71. The number of ether oxygens (including phenoxy) is 1. The molecule has 1 atom stereocenters. The summed E-state index contributed by atoms with van der Waals surface area (Å²) in [5.74, 6) is -1.46. The minimum Gasteiger partial charge on any atom is -0.481 e. The number of esters is 1. The van der Waals surface area contributed by atoms with Gasteiger partial charge in [-0.1, -0.05) is 0 Å². The fourth-order valence-electron chi connectivity index (χ4n) is 1.57. The number of rotatable bonds is 5. The summed E-state index contributed by atoms with van der Waals surface area (Å²) in [6.07, 6.45) is 1.54. The summed E-state index contributed by atoms with van der Waals surface area (Å²) in [7, 11) is 2.91. The van der Waals surface area contributed by atoms with Crippen LogP contribution in [0.3, 0.4) is 0 Å². The highest BCUT2D eigenvalue weighted by molar-refractivity contribution is 5.90. The van der Waals surface area contributed by atoms with Gasteiger partial charge in [0, 0.05) is 19.5 Å². The molecule has 0 saturated carbocycles. The van der Waals surface area contributed by atoms with Crippen molar-refractivity contribution in [3.63, 3.8) is 0 Å². The third-order valence-corrected chi connectivity index (χ3v) is 2.41. The van der Waals surface area contributed by atoms with Gasteiger partial charge in [0.1, 0.15) is 5.56 Å². The number of nitrogens with two attached hydrogens (primary N) is 1. The number of hydrogen-bond acceptors (Lipinski definition) is 5. The summed E-state index contributed by atoms with van der Waals surface area (Å²) in [5, 5.41) is 12.5. The number of nitrogens with zero attached hydrogens (tertiary/aromatic N) is 2. The molecular weight excluding hydrogens is 226 g/mol. The van der Waals surface area contributed by atoms with Gasteiger partial charge in [-0.2, -0.15) is 5.10 Å². The Labute approximate surface area is 98.2 Å². The molecule has 7 heteroatoms. The van der Waals surface area contributed by atoms with Crippen molar-refractivity contribution >= 4 is 11.9 Å². The van der Waals surface area contributed by atoms with Crippen LogP contribution in [0, 0.1) is 0 Å². The van der Waals surface area contributed by atoms with Crippen molar-refractivity contribution in [1.29, 1.82) is 0 Å². The van der Waals surface area contributed by atoms with Crippen molar-refractivity contribution in [3.8, 4) is 0 Å². The van der Waals surface area contributed by atoms with E-state index in [1.807, 2.05) is 0 Å². The molecular formula is C10H15N3O4. The van der Waals surface area contributed by atoms with E-state index in [0.29, 0.717) is 5.69 Å². The first-order valence-electron chi connectivity index (χ1n) is 5.05. The van der Waals surface area contributed by atoms with Gasteiger partial charge in [0.15, 0.2) is 0 Å². The van der Waals surface area contributed by atoms with Crippen LogP contribution in [-0.2, 0) is 16.6 Å². The maximum absolute atomic E-state index is 11.4. The molecule has 0 amide bonds. The molecule has 1 heterocycles. The van der Waals surface area contributed by atoms with Gasteiger partial charge in [0.2, 0.25) is 0 Å². The average molecular weight is 241 g/mol. The predicted octanol–water partition coefficient (Wildman–Crippen LogP) is 0.0713. The molecule has 0 fully saturated rings. The van der Waals surface area contributed by atoms with Gasteiger partial charge in [-0.25, -0.2) is 4.79 Å². The van der Waals surface area contributed by atoms with Crippen LogP contribution in [0.1, 0.15) is 34.9 Å². The topological polar surface area (TPSA) is 107 Å². The molecule has 1 aromatic rings. The highest BCUT2D eigenvalue weighted by Crippen LogP contribution is 2.20. The molecule has 1 aromatic heterocycles. The van der Waals surface area contributed by atoms with E-state index in [9.17, 15) is 9.59 Å². The first-order valence-corrected chi connectivity index (χ1v) is 5.05. The van der Waals surface area contributed by atoms with Crippen molar-refractivity contribution in [1.82, 2.24) is 9.78 Å². The summed E-state index contributed by atoms with van der Waals surface area (Å²) in [5.41, 5.74) is 6.61. The van der Waals surface area contributed by atoms with E-state index in [1.54, 1.807) is 7.05 Å². The van der Waals surface area contributed by atoms with Gasteiger partial charge in [-0.05, 0) is 6.42 Å². The van der Waals surface area contributed by atoms with Crippen molar-refractivity contribution in [2.45, 2.75) is 18.9 Å². The normalized spacial score (nSPS) is 12.2. The first kappa shape index (κ1) is 13.2.